The molecule has 2 aromatic carbocycles. The van der Waals surface area contributed by atoms with Crippen LogP contribution < -0.4 is 19.8 Å². The van der Waals surface area contributed by atoms with E-state index < -0.39 is 16.9 Å². The van der Waals surface area contributed by atoms with Gasteiger partial charge >= 0.3 is 5.97 Å². The quantitative estimate of drug-likeness (QED) is 0.176. The number of nitro groups is 1. The van der Waals surface area contributed by atoms with Crippen molar-refractivity contribution < 1.29 is 18.9 Å². The van der Waals surface area contributed by atoms with Crippen molar-refractivity contribution >= 4 is 34.8 Å². The SMILES string of the molecule is CCOC(=O)C1=C(C)N=c2s/c(=C\c3ccc(-c4cc(C)c(C)c([N+](=O)[O-])c4)o3)c(=O)n2C1c1ccc(N(C)C)cc1. The third-order valence-electron chi connectivity index (χ3n) is 7.26. The van der Waals surface area contributed by atoms with E-state index in [1.54, 1.807) is 39.0 Å². The van der Waals surface area contributed by atoms with Crippen LogP contribution in [0.2, 0.25) is 0 Å². The summed E-state index contributed by atoms with van der Waals surface area (Å²) in [6.07, 6.45) is 1.62. The van der Waals surface area contributed by atoms with E-state index in [1.807, 2.05) is 56.3 Å². The maximum absolute atomic E-state index is 13.9. The van der Waals surface area contributed by atoms with Crippen molar-refractivity contribution in [2.45, 2.75) is 33.7 Å². The first kappa shape index (κ1) is 28.7. The lowest BCUT2D eigenvalue weighted by atomic mass is 9.95. The first-order chi connectivity index (χ1) is 20.0. The smallest absolute Gasteiger partial charge is 0.338 e. The number of hydrogen-bond donors (Lipinski definition) is 0. The minimum Gasteiger partial charge on any atom is -0.463 e. The number of nitrogens with zero attached hydrogens (tertiary/aromatic N) is 4. The summed E-state index contributed by atoms with van der Waals surface area (Å²) in [6.45, 7) is 7.19. The highest BCUT2D eigenvalue weighted by atomic mass is 32.1. The average Bonchev–Trinajstić information content (AvgIpc) is 3.53. The lowest BCUT2D eigenvalue weighted by Crippen LogP contribution is -2.39. The Morgan fingerprint density at radius 1 is 1.17 bits per heavy atom. The van der Waals surface area contributed by atoms with Gasteiger partial charge in [0.1, 0.15) is 11.5 Å². The monoisotopic (exact) mass is 586 g/mol. The van der Waals surface area contributed by atoms with Gasteiger partial charge in [0.05, 0.1) is 33.4 Å². The summed E-state index contributed by atoms with van der Waals surface area (Å²) in [4.78, 5) is 45.1. The minimum atomic E-state index is -0.720. The summed E-state index contributed by atoms with van der Waals surface area (Å²) in [6, 6.07) is 13.7. The van der Waals surface area contributed by atoms with Crippen LogP contribution in [0.5, 0.6) is 0 Å². The highest BCUT2D eigenvalue weighted by Crippen LogP contribution is 2.33. The number of ether oxygens (including phenoxy) is 1. The summed E-state index contributed by atoms with van der Waals surface area (Å²) in [5, 5.41) is 11.5. The van der Waals surface area contributed by atoms with Crippen LogP contribution in [0.15, 0.2) is 74.0 Å². The Bertz CT molecular complexity index is 1930. The average molecular weight is 587 g/mol. The van der Waals surface area contributed by atoms with Crippen molar-refractivity contribution in [1.29, 1.82) is 0 Å². The highest BCUT2D eigenvalue weighted by Gasteiger charge is 2.33. The van der Waals surface area contributed by atoms with Crippen molar-refractivity contribution in [3.05, 3.63) is 112 Å². The van der Waals surface area contributed by atoms with Gasteiger partial charge in [-0.15, -0.1) is 0 Å². The zero-order valence-electron chi connectivity index (χ0n) is 24.1. The molecule has 0 amide bonds. The van der Waals surface area contributed by atoms with Gasteiger partial charge in [0, 0.05) is 43.1 Å². The van der Waals surface area contributed by atoms with Gasteiger partial charge in [-0.2, -0.15) is 0 Å². The van der Waals surface area contributed by atoms with Gasteiger partial charge in [0.2, 0.25) is 0 Å². The topological polar surface area (TPSA) is 120 Å². The van der Waals surface area contributed by atoms with Gasteiger partial charge in [-0.1, -0.05) is 23.5 Å². The Hall–Kier alpha value is -4.77. The maximum atomic E-state index is 13.9. The molecule has 0 saturated carbocycles. The second-order valence-corrected chi connectivity index (χ2v) is 11.2. The number of anilines is 1. The number of hydrogen-bond acceptors (Lipinski definition) is 9. The molecule has 4 aromatic rings. The summed E-state index contributed by atoms with van der Waals surface area (Å²) >= 11 is 1.19. The molecular weight excluding hydrogens is 556 g/mol. The largest absolute Gasteiger partial charge is 0.463 e. The van der Waals surface area contributed by atoms with Gasteiger partial charge in [-0.3, -0.25) is 19.5 Å². The summed E-state index contributed by atoms with van der Waals surface area (Å²) in [5.41, 5.74) is 4.16. The first-order valence-electron chi connectivity index (χ1n) is 13.3. The number of benzene rings is 2. The second kappa shape index (κ2) is 11.2. The number of allylic oxidation sites excluding steroid dienone is 1. The molecule has 1 unspecified atom stereocenters. The number of rotatable bonds is 7. The third-order valence-corrected chi connectivity index (χ3v) is 8.25. The molecule has 0 aliphatic carbocycles. The molecule has 10 nitrogen and oxygen atoms in total. The molecule has 42 heavy (non-hydrogen) atoms. The number of carbonyl (C=O) groups excluding carboxylic acids is 1. The number of aryl methyl sites for hydroxylation is 1. The van der Waals surface area contributed by atoms with Gasteiger partial charge in [-0.25, -0.2) is 9.79 Å². The number of aromatic nitrogens is 1. The van der Waals surface area contributed by atoms with E-state index in [0.29, 0.717) is 43.3 Å². The minimum absolute atomic E-state index is 0.0163. The molecule has 1 aliphatic rings. The predicted molar refractivity (Wildman–Crippen MR) is 161 cm³/mol. The molecule has 0 radical (unpaired) electrons. The fraction of sp³-hybridized carbons (Fsp3) is 0.258. The van der Waals surface area contributed by atoms with E-state index in [1.165, 1.54) is 22.0 Å². The molecule has 1 atom stereocenters. The van der Waals surface area contributed by atoms with Crippen LogP contribution in [0.25, 0.3) is 17.4 Å². The summed E-state index contributed by atoms with van der Waals surface area (Å²) in [7, 11) is 3.88. The van der Waals surface area contributed by atoms with Crippen LogP contribution in [0.3, 0.4) is 0 Å². The Balaban J connectivity index is 1.62. The van der Waals surface area contributed by atoms with E-state index in [2.05, 4.69) is 4.99 Å². The Morgan fingerprint density at radius 2 is 1.88 bits per heavy atom. The van der Waals surface area contributed by atoms with Crippen LogP contribution in [-0.4, -0.2) is 36.2 Å². The molecule has 0 N–H and O–H groups in total. The molecule has 0 fully saturated rings. The van der Waals surface area contributed by atoms with Gasteiger partial charge in [0.25, 0.3) is 11.2 Å². The molecule has 0 saturated heterocycles. The summed E-state index contributed by atoms with van der Waals surface area (Å²) < 4.78 is 13.3. The maximum Gasteiger partial charge on any atom is 0.338 e. The van der Waals surface area contributed by atoms with E-state index >= 15 is 0 Å². The Morgan fingerprint density at radius 3 is 2.52 bits per heavy atom. The fourth-order valence-corrected chi connectivity index (χ4v) is 5.98. The number of esters is 1. The van der Waals surface area contributed by atoms with Gasteiger partial charge in [-0.05, 0) is 69.2 Å². The Kier molecular flexibility index (Phi) is 7.70. The number of furan rings is 1. The normalized spacial score (nSPS) is 14.9. The van der Waals surface area contributed by atoms with Crippen LogP contribution in [0.1, 0.15) is 42.3 Å². The molecule has 0 bridgehead atoms. The molecule has 11 heteroatoms. The lowest BCUT2D eigenvalue weighted by molar-refractivity contribution is -0.385. The van der Waals surface area contributed by atoms with Crippen LogP contribution in [0.4, 0.5) is 11.4 Å². The van der Waals surface area contributed by atoms with Crippen LogP contribution in [0, 0.1) is 24.0 Å². The Labute approximate surface area is 245 Å². The number of carbonyl (C=O) groups is 1. The highest BCUT2D eigenvalue weighted by molar-refractivity contribution is 7.07. The van der Waals surface area contributed by atoms with Crippen molar-refractivity contribution in [2.75, 3.05) is 25.6 Å². The molecule has 0 spiro atoms. The fourth-order valence-electron chi connectivity index (χ4n) is 4.95. The first-order valence-corrected chi connectivity index (χ1v) is 14.1. The van der Waals surface area contributed by atoms with Crippen molar-refractivity contribution in [2.24, 2.45) is 4.99 Å². The zero-order chi connectivity index (χ0) is 30.3. The van der Waals surface area contributed by atoms with E-state index in [4.69, 9.17) is 9.15 Å². The van der Waals surface area contributed by atoms with E-state index in [-0.39, 0.29) is 17.9 Å². The molecule has 3 heterocycles. The van der Waals surface area contributed by atoms with Crippen LogP contribution in [-0.2, 0) is 9.53 Å². The lowest BCUT2D eigenvalue weighted by Gasteiger charge is -2.25. The number of thiazole rings is 1. The molecular formula is C31H30N4O6S. The molecule has 2 aromatic heterocycles. The molecule has 5 rings (SSSR count). The van der Waals surface area contributed by atoms with Crippen molar-refractivity contribution in [1.82, 2.24) is 4.57 Å². The second-order valence-electron chi connectivity index (χ2n) is 10.2. The zero-order valence-corrected chi connectivity index (χ0v) is 24.9. The van der Waals surface area contributed by atoms with E-state index in [9.17, 15) is 19.7 Å². The van der Waals surface area contributed by atoms with Gasteiger partial charge in [0.15, 0.2) is 4.80 Å². The number of nitro benzene ring substituents is 1. The number of fused-ring (bicyclic) bond motifs is 1. The third kappa shape index (κ3) is 5.18. The van der Waals surface area contributed by atoms with Crippen LogP contribution >= 0.6 is 11.3 Å². The van der Waals surface area contributed by atoms with Crippen molar-refractivity contribution in [3.8, 4) is 11.3 Å². The predicted octanol–water partition coefficient (Wildman–Crippen LogP) is 4.65. The van der Waals surface area contributed by atoms with Gasteiger partial charge < -0.3 is 14.1 Å². The standard InChI is InChI=1S/C31H30N4O6S/c1-7-40-30(37)27-19(4)32-31-34(28(27)20-8-10-22(11-9-20)33(5)6)29(36)26(42-31)16-23-12-13-25(41-23)21-14-17(2)18(3)24(15-21)35(38)39/h8-16,28H,7H2,1-6H3/b26-16-. The molecule has 1 aliphatic heterocycles. The van der Waals surface area contributed by atoms with Crippen molar-refractivity contribution in [3.63, 3.8) is 0 Å². The summed E-state index contributed by atoms with van der Waals surface area (Å²) in [5.74, 6) is 0.330. The molecule has 216 valence electrons. The van der Waals surface area contributed by atoms with E-state index in [0.717, 1.165) is 16.8 Å².